The van der Waals surface area contributed by atoms with Gasteiger partial charge >= 0.3 is 12.5 Å². The molecule has 1 heterocycles. The highest BCUT2D eigenvalue weighted by atomic mass is 19.4. The summed E-state index contributed by atoms with van der Waals surface area (Å²) in [5.74, 6) is -1.000. The van der Waals surface area contributed by atoms with Crippen molar-refractivity contribution < 1.29 is 40.3 Å². The van der Waals surface area contributed by atoms with E-state index >= 15 is 0 Å². The molecule has 1 amide bonds. The van der Waals surface area contributed by atoms with E-state index in [9.17, 15) is 31.1 Å². The third-order valence-electron chi connectivity index (χ3n) is 3.84. The van der Waals surface area contributed by atoms with Crippen LogP contribution in [0.1, 0.15) is 17.9 Å². The highest BCUT2D eigenvalue weighted by Gasteiger charge is 2.31. The first-order valence-corrected chi connectivity index (χ1v) is 8.65. The Morgan fingerprint density at radius 3 is 2.35 bits per heavy atom. The van der Waals surface area contributed by atoms with Gasteiger partial charge in [-0.3, -0.25) is 4.79 Å². The van der Waals surface area contributed by atoms with Gasteiger partial charge in [0.15, 0.2) is 0 Å². The molecule has 0 saturated carbocycles. The molecule has 0 spiro atoms. The normalized spacial score (nSPS) is 11.9. The highest BCUT2D eigenvalue weighted by molar-refractivity contribution is 5.90. The van der Waals surface area contributed by atoms with Gasteiger partial charge in [0.25, 0.3) is 0 Å². The number of nitrogens with zero attached hydrogens (tertiary/aromatic N) is 2. The number of alkyl halides is 6. The van der Waals surface area contributed by atoms with Gasteiger partial charge in [-0.25, -0.2) is 0 Å². The third kappa shape index (κ3) is 6.46. The fraction of sp³-hybridized carbons (Fsp3) is 0.211. The Bertz CT molecular complexity index is 1050. The first-order valence-electron chi connectivity index (χ1n) is 8.65. The highest BCUT2D eigenvalue weighted by Crippen LogP contribution is 2.32. The lowest BCUT2D eigenvalue weighted by Gasteiger charge is -2.09. The standard InChI is InChI=1S/C19H13F6N3O3/c20-18(21,22)12-3-1-2-11(10-12)17-28-27-16(30-17)9-8-15(29)26-13-4-6-14(7-5-13)31-19(23,24)25/h1-7,10H,8-9H2,(H,26,29). The number of benzene rings is 2. The first-order chi connectivity index (χ1) is 14.5. The van der Waals surface area contributed by atoms with Crippen molar-refractivity contribution in [3.8, 4) is 17.2 Å². The first kappa shape index (κ1) is 22.1. The second-order valence-corrected chi connectivity index (χ2v) is 6.20. The van der Waals surface area contributed by atoms with E-state index in [0.29, 0.717) is 0 Å². The fourth-order valence-corrected chi connectivity index (χ4v) is 2.48. The summed E-state index contributed by atoms with van der Waals surface area (Å²) >= 11 is 0. The molecule has 6 nitrogen and oxygen atoms in total. The van der Waals surface area contributed by atoms with Crippen LogP contribution < -0.4 is 10.1 Å². The lowest BCUT2D eigenvalue weighted by Crippen LogP contribution is -2.17. The Hall–Kier alpha value is -3.57. The minimum atomic E-state index is -4.82. The maximum absolute atomic E-state index is 12.8. The maximum atomic E-state index is 12.8. The lowest BCUT2D eigenvalue weighted by atomic mass is 10.1. The topological polar surface area (TPSA) is 77.2 Å². The Balaban J connectivity index is 1.55. The molecule has 31 heavy (non-hydrogen) atoms. The van der Waals surface area contributed by atoms with Crippen LogP contribution in [0.5, 0.6) is 5.75 Å². The summed E-state index contributed by atoms with van der Waals surface area (Å²) in [6.45, 7) is 0. The molecule has 12 heteroatoms. The van der Waals surface area contributed by atoms with Crippen LogP contribution in [0.2, 0.25) is 0 Å². The quantitative estimate of drug-likeness (QED) is 0.526. The number of aryl methyl sites for hydroxylation is 1. The van der Waals surface area contributed by atoms with Gasteiger partial charge in [0, 0.05) is 24.1 Å². The van der Waals surface area contributed by atoms with Crippen molar-refractivity contribution >= 4 is 11.6 Å². The Morgan fingerprint density at radius 1 is 1.00 bits per heavy atom. The van der Waals surface area contributed by atoms with Gasteiger partial charge in [-0.2, -0.15) is 13.2 Å². The number of hydrogen-bond acceptors (Lipinski definition) is 5. The van der Waals surface area contributed by atoms with E-state index in [1.54, 1.807) is 0 Å². The molecule has 0 saturated heterocycles. The molecule has 3 rings (SSSR count). The summed E-state index contributed by atoms with van der Waals surface area (Å²) in [5.41, 5.74) is -0.537. The van der Waals surface area contributed by atoms with Crippen LogP contribution >= 0.6 is 0 Å². The second kappa shape index (κ2) is 8.66. The molecular formula is C19H13F6N3O3. The fourth-order valence-electron chi connectivity index (χ4n) is 2.48. The van der Waals surface area contributed by atoms with E-state index in [2.05, 4.69) is 20.3 Å². The van der Waals surface area contributed by atoms with Gasteiger partial charge in [-0.15, -0.1) is 23.4 Å². The number of carbonyl (C=O) groups excluding carboxylic acids is 1. The van der Waals surface area contributed by atoms with Crippen molar-refractivity contribution in [2.45, 2.75) is 25.4 Å². The van der Waals surface area contributed by atoms with Gasteiger partial charge in [0.1, 0.15) is 5.75 Å². The zero-order valence-electron chi connectivity index (χ0n) is 15.4. The van der Waals surface area contributed by atoms with E-state index in [1.807, 2.05) is 0 Å². The lowest BCUT2D eigenvalue weighted by molar-refractivity contribution is -0.274. The van der Waals surface area contributed by atoms with Crippen LogP contribution in [0, 0.1) is 0 Å². The molecule has 0 radical (unpaired) electrons. The Labute approximate surface area is 170 Å². The van der Waals surface area contributed by atoms with Crippen LogP contribution in [0.4, 0.5) is 32.0 Å². The number of rotatable bonds is 6. The van der Waals surface area contributed by atoms with Gasteiger partial charge < -0.3 is 14.5 Å². The molecule has 0 unspecified atom stereocenters. The average Bonchev–Trinajstić information content (AvgIpc) is 3.15. The van der Waals surface area contributed by atoms with E-state index in [4.69, 9.17) is 4.42 Å². The SMILES string of the molecule is O=C(CCc1nnc(-c2cccc(C(F)(F)F)c2)o1)Nc1ccc(OC(F)(F)F)cc1. The predicted molar refractivity (Wildman–Crippen MR) is 94.8 cm³/mol. The molecule has 2 aromatic carbocycles. The number of hydrogen-bond donors (Lipinski definition) is 1. The number of amides is 1. The average molecular weight is 445 g/mol. The summed E-state index contributed by atoms with van der Waals surface area (Å²) in [7, 11) is 0. The summed E-state index contributed by atoms with van der Waals surface area (Å²) < 4.78 is 83.8. The van der Waals surface area contributed by atoms with Crippen molar-refractivity contribution in [3.05, 3.63) is 60.0 Å². The van der Waals surface area contributed by atoms with Crippen molar-refractivity contribution in [3.63, 3.8) is 0 Å². The molecule has 1 aromatic heterocycles. The van der Waals surface area contributed by atoms with E-state index in [1.165, 1.54) is 24.3 Å². The van der Waals surface area contributed by atoms with Crippen LogP contribution in [0.3, 0.4) is 0 Å². The van der Waals surface area contributed by atoms with E-state index in [0.717, 1.165) is 24.3 Å². The molecule has 1 N–H and O–H groups in total. The van der Waals surface area contributed by atoms with Crippen LogP contribution in [0.25, 0.3) is 11.5 Å². The number of aromatic nitrogens is 2. The number of nitrogens with one attached hydrogen (secondary N) is 1. The van der Waals surface area contributed by atoms with Crippen LogP contribution in [-0.4, -0.2) is 22.5 Å². The van der Waals surface area contributed by atoms with Crippen LogP contribution in [0.15, 0.2) is 52.9 Å². The number of anilines is 1. The molecular weight excluding hydrogens is 432 g/mol. The molecule has 164 valence electrons. The van der Waals surface area contributed by atoms with E-state index in [-0.39, 0.29) is 35.9 Å². The Morgan fingerprint density at radius 2 is 1.71 bits per heavy atom. The van der Waals surface area contributed by atoms with Crippen molar-refractivity contribution in [1.82, 2.24) is 10.2 Å². The molecule has 3 aromatic rings. The Kier molecular flexibility index (Phi) is 6.18. The summed E-state index contributed by atoms with van der Waals surface area (Å²) in [6.07, 6.45) is -9.44. The van der Waals surface area contributed by atoms with Crippen molar-refractivity contribution in [1.29, 1.82) is 0 Å². The second-order valence-electron chi connectivity index (χ2n) is 6.20. The van der Waals surface area contributed by atoms with Gasteiger partial charge in [-0.1, -0.05) is 6.07 Å². The largest absolute Gasteiger partial charge is 0.573 e. The summed E-state index contributed by atoms with van der Waals surface area (Å²) in [4.78, 5) is 12.0. The van der Waals surface area contributed by atoms with Gasteiger partial charge in [0.05, 0.1) is 5.56 Å². The predicted octanol–water partition coefficient (Wildman–Crippen LogP) is 5.23. The van der Waals surface area contributed by atoms with Crippen molar-refractivity contribution in [2.24, 2.45) is 0 Å². The minimum absolute atomic E-state index is 0.00701. The summed E-state index contributed by atoms with van der Waals surface area (Å²) in [6, 6.07) is 8.93. The zero-order chi connectivity index (χ0) is 22.6. The number of halogens is 6. The molecule has 0 bridgehead atoms. The van der Waals surface area contributed by atoms with Gasteiger partial charge in [0.2, 0.25) is 17.7 Å². The molecule has 0 aliphatic rings. The van der Waals surface area contributed by atoms with E-state index < -0.39 is 29.8 Å². The van der Waals surface area contributed by atoms with Crippen LogP contribution in [-0.2, 0) is 17.4 Å². The molecule has 0 atom stereocenters. The zero-order valence-corrected chi connectivity index (χ0v) is 15.4. The number of carbonyl (C=O) groups is 1. The number of ether oxygens (including phenoxy) is 1. The maximum Gasteiger partial charge on any atom is 0.573 e. The van der Waals surface area contributed by atoms with Gasteiger partial charge in [-0.05, 0) is 42.5 Å². The molecule has 0 fully saturated rings. The minimum Gasteiger partial charge on any atom is -0.421 e. The summed E-state index contributed by atoms with van der Waals surface area (Å²) in [5, 5.41) is 9.87. The van der Waals surface area contributed by atoms with Crippen molar-refractivity contribution in [2.75, 3.05) is 5.32 Å². The third-order valence-corrected chi connectivity index (χ3v) is 3.84. The monoisotopic (exact) mass is 445 g/mol. The molecule has 0 aliphatic heterocycles. The molecule has 0 aliphatic carbocycles. The smallest absolute Gasteiger partial charge is 0.421 e.